The highest BCUT2D eigenvalue weighted by Gasteiger charge is 2.24. The van der Waals surface area contributed by atoms with Crippen molar-refractivity contribution >= 4 is 15.5 Å². The number of nitrogens with zero attached hydrogens (tertiary/aromatic N) is 2. The van der Waals surface area contributed by atoms with E-state index in [0.717, 1.165) is 27.8 Å². The van der Waals surface area contributed by atoms with Gasteiger partial charge in [-0.3, -0.25) is 9.79 Å². The molecule has 0 N–H and O–H groups in total. The maximum Gasteiger partial charge on any atom is 0.250 e. The lowest BCUT2D eigenvalue weighted by Crippen LogP contribution is -2.17. The average molecular weight is 424 g/mol. The first-order valence-electron chi connectivity index (χ1n) is 9.48. The summed E-state index contributed by atoms with van der Waals surface area (Å²) in [5, 5.41) is 0. The van der Waals surface area contributed by atoms with Gasteiger partial charge in [0.25, 0.3) is 5.56 Å². The van der Waals surface area contributed by atoms with Gasteiger partial charge in [0.2, 0.25) is 0 Å². The summed E-state index contributed by atoms with van der Waals surface area (Å²) in [5.74, 6) is -0.420. The second-order valence-corrected chi connectivity index (χ2v) is 9.84. The van der Waals surface area contributed by atoms with Crippen molar-refractivity contribution in [2.45, 2.75) is 18.7 Å². The topological polar surface area (TPSA) is 68.5 Å². The lowest BCUT2D eigenvalue weighted by Gasteiger charge is -2.14. The predicted molar refractivity (Wildman–Crippen MR) is 116 cm³/mol. The highest BCUT2D eigenvalue weighted by molar-refractivity contribution is 7.89. The van der Waals surface area contributed by atoms with E-state index in [2.05, 4.69) is 0 Å². The van der Waals surface area contributed by atoms with Gasteiger partial charge in [0.1, 0.15) is 5.82 Å². The summed E-state index contributed by atoms with van der Waals surface area (Å²) in [6.45, 7) is 1.91. The van der Waals surface area contributed by atoms with Gasteiger partial charge in [0.15, 0.2) is 9.84 Å². The van der Waals surface area contributed by atoms with E-state index in [1.807, 2.05) is 19.1 Å². The van der Waals surface area contributed by atoms with Gasteiger partial charge in [-0.2, -0.15) is 0 Å². The van der Waals surface area contributed by atoms with Gasteiger partial charge in [-0.25, -0.2) is 12.8 Å². The first-order valence-corrected chi connectivity index (χ1v) is 11.5. The molecule has 1 atom stereocenters. The molecule has 1 aliphatic heterocycles. The van der Waals surface area contributed by atoms with Gasteiger partial charge in [0.05, 0.1) is 17.5 Å². The highest BCUT2D eigenvalue weighted by atomic mass is 32.2. The van der Waals surface area contributed by atoms with Gasteiger partial charge < -0.3 is 4.57 Å². The molecule has 0 aliphatic carbocycles. The average Bonchev–Trinajstić information content (AvgIpc) is 2.77. The number of rotatable bonds is 3. The lowest BCUT2D eigenvalue weighted by molar-refractivity contribution is 0.601. The van der Waals surface area contributed by atoms with Crippen LogP contribution in [0.3, 0.4) is 0 Å². The van der Waals surface area contributed by atoms with E-state index >= 15 is 0 Å². The van der Waals surface area contributed by atoms with E-state index in [4.69, 9.17) is 4.99 Å². The third kappa shape index (κ3) is 3.85. The number of aromatic nitrogens is 1. The first-order chi connectivity index (χ1) is 14.1. The second kappa shape index (κ2) is 7.32. The van der Waals surface area contributed by atoms with E-state index in [0.29, 0.717) is 11.3 Å². The van der Waals surface area contributed by atoms with Crippen LogP contribution in [-0.4, -0.2) is 25.0 Å². The highest BCUT2D eigenvalue weighted by Crippen LogP contribution is 2.37. The number of benzene rings is 2. The van der Waals surface area contributed by atoms with Crippen LogP contribution in [0.4, 0.5) is 4.39 Å². The zero-order valence-corrected chi connectivity index (χ0v) is 17.7. The van der Waals surface area contributed by atoms with Crippen LogP contribution in [0.5, 0.6) is 0 Å². The maximum atomic E-state index is 13.5. The SMILES string of the molecule is C[C@@H]1N=C(c2ccc(F)cc2)c2ccc(CS(C)(=O)=O)cc2-c2cn(C)c(=O)cc21. The van der Waals surface area contributed by atoms with Crippen molar-refractivity contribution in [3.63, 3.8) is 0 Å². The number of hydrogen-bond acceptors (Lipinski definition) is 4. The number of pyridine rings is 1. The van der Waals surface area contributed by atoms with Crippen LogP contribution in [0.15, 0.2) is 64.5 Å². The Balaban J connectivity index is 2.02. The van der Waals surface area contributed by atoms with E-state index < -0.39 is 9.84 Å². The van der Waals surface area contributed by atoms with Crippen LogP contribution in [-0.2, 0) is 22.6 Å². The Morgan fingerprint density at radius 1 is 1.03 bits per heavy atom. The van der Waals surface area contributed by atoms with Gasteiger partial charge >= 0.3 is 0 Å². The van der Waals surface area contributed by atoms with Crippen molar-refractivity contribution in [2.24, 2.45) is 12.0 Å². The number of aryl methyl sites for hydroxylation is 1. The van der Waals surface area contributed by atoms with Crippen molar-refractivity contribution in [1.82, 2.24) is 4.57 Å². The van der Waals surface area contributed by atoms with Crippen molar-refractivity contribution in [2.75, 3.05) is 6.26 Å². The Morgan fingerprint density at radius 3 is 2.40 bits per heavy atom. The molecule has 30 heavy (non-hydrogen) atoms. The van der Waals surface area contributed by atoms with E-state index in [1.165, 1.54) is 23.0 Å². The number of aliphatic imine (C=N–C) groups is 1. The van der Waals surface area contributed by atoms with Gasteiger partial charge in [0, 0.05) is 42.3 Å². The summed E-state index contributed by atoms with van der Waals surface area (Å²) in [6, 6.07) is 12.8. The third-order valence-electron chi connectivity index (χ3n) is 5.21. The number of hydrogen-bond donors (Lipinski definition) is 0. The molecule has 0 saturated carbocycles. The molecular formula is C23H21FN2O3S. The quantitative estimate of drug-likeness (QED) is 0.645. The van der Waals surface area contributed by atoms with Crippen LogP contribution >= 0.6 is 0 Å². The Hall–Kier alpha value is -3.06. The van der Waals surface area contributed by atoms with Crippen LogP contribution < -0.4 is 5.56 Å². The van der Waals surface area contributed by atoms with Crippen molar-refractivity contribution in [3.8, 4) is 11.1 Å². The molecule has 1 aliphatic rings. The minimum Gasteiger partial charge on any atom is -0.318 e. The zero-order valence-electron chi connectivity index (χ0n) is 16.9. The molecule has 0 amide bonds. The van der Waals surface area contributed by atoms with Crippen LogP contribution in [0.25, 0.3) is 11.1 Å². The smallest absolute Gasteiger partial charge is 0.250 e. The molecule has 0 fully saturated rings. The molecule has 0 spiro atoms. The molecule has 3 aromatic rings. The predicted octanol–water partition coefficient (Wildman–Crippen LogP) is 3.65. The molecule has 4 rings (SSSR count). The molecular weight excluding hydrogens is 403 g/mol. The third-order valence-corrected chi connectivity index (χ3v) is 6.07. The molecule has 0 unspecified atom stereocenters. The molecule has 154 valence electrons. The maximum absolute atomic E-state index is 13.5. The molecule has 7 heteroatoms. The molecule has 2 aromatic carbocycles. The van der Waals surface area contributed by atoms with E-state index in [-0.39, 0.29) is 23.2 Å². The minimum absolute atomic E-state index is 0.0834. The second-order valence-electron chi connectivity index (χ2n) is 7.70. The van der Waals surface area contributed by atoms with Gasteiger partial charge in [-0.1, -0.05) is 12.1 Å². The monoisotopic (exact) mass is 424 g/mol. The molecule has 0 radical (unpaired) electrons. The van der Waals surface area contributed by atoms with E-state index in [9.17, 15) is 17.6 Å². The summed E-state index contributed by atoms with van der Waals surface area (Å²) in [6.07, 6.45) is 2.96. The number of halogens is 1. The largest absolute Gasteiger partial charge is 0.318 e. The minimum atomic E-state index is -3.21. The molecule has 0 saturated heterocycles. The van der Waals surface area contributed by atoms with Crippen molar-refractivity contribution in [3.05, 3.63) is 93.2 Å². The normalized spacial score (nSPS) is 15.7. The lowest BCUT2D eigenvalue weighted by atomic mass is 9.91. The van der Waals surface area contributed by atoms with E-state index in [1.54, 1.807) is 37.5 Å². The summed E-state index contributed by atoms with van der Waals surface area (Å²) >= 11 is 0. The molecule has 0 bridgehead atoms. The molecule has 2 heterocycles. The number of sulfone groups is 1. The Morgan fingerprint density at radius 2 is 1.73 bits per heavy atom. The van der Waals surface area contributed by atoms with Crippen LogP contribution in [0, 0.1) is 5.82 Å². The molecule has 1 aromatic heterocycles. The van der Waals surface area contributed by atoms with Crippen LogP contribution in [0.1, 0.15) is 35.2 Å². The fraction of sp³-hybridized carbons (Fsp3) is 0.217. The van der Waals surface area contributed by atoms with Crippen molar-refractivity contribution in [1.29, 1.82) is 0 Å². The Labute approximate surface area is 174 Å². The number of fused-ring (bicyclic) bond motifs is 3. The summed E-state index contributed by atoms with van der Waals surface area (Å²) in [5.41, 5.74) is 5.15. The van der Waals surface area contributed by atoms with Gasteiger partial charge in [-0.05, 0) is 53.9 Å². The Bertz CT molecular complexity index is 1340. The van der Waals surface area contributed by atoms with Gasteiger partial charge in [-0.15, -0.1) is 0 Å². The fourth-order valence-corrected chi connectivity index (χ4v) is 4.58. The van der Waals surface area contributed by atoms with Crippen LogP contribution in [0.2, 0.25) is 0 Å². The molecule has 5 nitrogen and oxygen atoms in total. The summed E-state index contributed by atoms with van der Waals surface area (Å²) in [7, 11) is -1.53. The summed E-state index contributed by atoms with van der Waals surface area (Å²) in [4.78, 5) is 17.2. The Kier molecular flexibility index (Phi) is 4.94. The zero-order chi connectivity index (χ0) is 21.6. The first kappa shape index (κ1) is 20.2. The van der Waals surface area contributed by atoms with Crippen molar-refractivity contribution < 1.29 is 12.8 Å². The fourth-order valence-electron chi connectivity index (χ4n) is 3.80. The standard InChI is InChI=1S/C23H21FN2O3S/c1-14-19-11-22(27)26(2)12-21(19)20-10-15(13-30(3,28)29)4-9-18(20)23(25-14)16-5-7-17(24)8-6-16/h4-12,14H,13H2,1-3H3/t14-/m0/s1. The summed E-state index contributed by atoms with van der Waals surface area (Å²) < 4.78 is 38.7.